The Labute approximate surface area is 92.0 Å². The average molecular weight is 230 g/mol. The van der Waals surface area contributed by atoms with Gasteiger partial charge in [0.15, 0.2) is 17.3 Å². The van der Waals surface area contributed by atoms with Gasteiger partial charge in [0.05, 0.1) is 14.2 Å². The van der Waals surface area contributed by atoms with E-state index in [4.69, 9.17) is 9.47 Å². The van der Waals surface area contributed by atoms with Crippen LogP contribution in [0.1, 0.15) is 12.5 Å². The zero-order chi connectivity index (χ0) is 12.3. The van der Waals surface area contributed by atoms with Gasteiger partial charge in [0, 0.05) is 18.1 Å². The summed E-state index contributed by atoms with van der Waals surface area (Å²) in [7, 11) is 2.51. The number of ether oxygens (including phenoxy) is 2. The molecule has 0 radical (unpaired) electrons. The van der Waals surface area contributed by atoms with Gasteiger partial charge in [0.2, 0.25) is 0 Å². The normalized spacial score (nSPS) is 10.1. The first-order chi connectivity index (χ1) is 7.51. The van der Waals surface area contributed by atoms with Crippen molar-refractivity contribution in [3.05, 3.63) is 23.3 Å². The number of Topliss-reactive ketones (excluding diaryl/α,β-unsaturated/α-hetero) is 1. The summed E-state index contributed by atoms with van der Waals surface area (Å²) in [5.74, 6) is -2.18. The maximum atomic E-state index is 13.4. The number of ketones is 1. The number of methoxy groups -OCH3 is 2. The fourth-order valence-corrected chi connectivity index (χ4v) is 1.44. The van der Waals surface area contributed by atoms with Crippen LogP contribution in [-0.2, 0) is 11.2 Å². The number of rotatable bonds is 4. The SMILES string of the molecule is COc1c(F)cc(F)c(CC(C)=O)c1OC. The van der Waals surface area contributed by atoms with Crippen LogP contribution in [0.25, 0.3) is 0 Å². The van der Waals surface area contributed by atoms with Gasteiger partial charge < -0.3 is 9.47 Å². The molecule has 1 aromatic carbocycles. The van der Waals surface area contributed by atoms with Gasteiger partial charge in [-0.1, -0.05) is 0 Å². The molecule has 16 heavy (non-hydrogen) atoms. The lowest BCUT2D eigenvalue weighted by Gasteiger charge is -2.13. The number of carbonyl (C=O) groups is 1. The van der Waals surface area contributed by atoms with Gasteiger partial charge >= 0.3 is 0 Å². The highest BCUT2D eigenvalue weighted by atomic mass is 19.1. The maximum absolute atomic E-state index is 13.4. The molecule has 1 aromatic rings. The third-order valence-corrected chi connectivity index (χ3v) is 2.07. The fraction of sp³-hybridized carbons (Fsp3) is 0.364. The predicted molar refractivity (Wildman–Crippen MR) is 53.8 cm³/mol. The number of benzene rings is 1. The van der Waals surface area contributed by atoms with E-state index in [1.54, 1.807) is 0 Å². The van der Waals surface area contributed by atoms with E-state index < -0.39 is 11.6 Å². The van der Waals surface area contributed by atoms with Crippen LogP contribution in [0, 0.1) is 11.6 Å². The molecule has 0 atom stereocenters. The molecule has 1 rings (SSSR count). The van der Waals surface area contributed by atoms with E-state index in [0.29, 0.717) is 6.07 Å². The Kier molecular flexibility index (Phi) is 3.82. The first-order valence-corrected chi connectivity index (χ1v) is 4.59. The van der Waals surface area contributed by atoms with Crippen LogP contribution in [0.15, 0.2) is 6.07 Å². The van der Waals surface area contributed by atoms with Gasteiger partial charge in [0.1, 0.15) is 11.6 Å². The van der Waals surface area contributed by atoms with Crippen LogP contribution in [0.3, 0.4) is 0 Å². The number of hydrogen-bond donors (Lipinski definition) is 0. The molecule has 0 saturated heterocycles. The molecular formula is C11H12F2O3. The Morgan fingerprint density at radius 1 is 1.19 bits per heavy atom. The summed E-state index contributed by atoms with van der Waals surface area (Å²) in [5.41, 5.74) is 0.00764. The summed E-state index contributed by atoms with van der Waals surface area (Å²) in [6.45, 7) is 1.31. The van der Waals surface area contributed by atoms with Crippen LogP contribution in [0.4, 0.5) is 8.78 Å². The first kappa shape index (κ1) is 12.4. The maximum Gasteiger partial charge on any atom is 0.197 e. The van der Waals surface area contributed by atoms with Gasteiger partial charge in [0.25, 0.3) is 0 Å². The van der Waals surface area contributed by atoms with Gasteiger partial charge in [-0.05, 0) is 6.92 Å². The number of hydrogen-bond acceptors (Lipinski definition) is 3. The molecule has 0 aliphatic carbocycles. The topological polar surface area (TPSA) is 35.5 Å². The lowest BCUT2D eigenvalue weighted by Crippen LogP contribution is -2.05. The molecule has 0 N–H and O–H groups in total. The van der Waals surface area contributed by atoms with Crippen molar-refractivity contribution in [2.75, 3.05) is 14.2 Å². The highest BCUT2D eigenvalue weighted by molar-refractivity contribution is 5.79. The van der Waals surface area contributed by atoms with Crippen molar-refractivity contribution in [2.45, 2.75) is 13.3 Å². The molecule has 3 nitrogen and oxygen atoms in total. The monoisotopic (exact) mass is 230 g/mol. The lowest BCUT2D eigenvalue weighted by molar-refractivity contribution is -0.116. The highest BCUT2D eigenvalue weighted by Gasteiger charge is 2.20. The molecule has 0 amide bonds. The first-order valence-electron chi connectivity index (χ1n) is 4.59. The molecule has 0 saturated carbocycles. The lowest BCUT2D eigenvalue weighted by atomic mass is 10.1. The Bertz CT molecular complexity index is 416. The molecule has 0 aliphatic rings. The Morgan fingerprint density at radius 3 is 2.19 bits per heavy atom. The van der Waals surface area contributed by atoms with Gasteiger partial charge in [-0.25, -0.2) is 8.78 Å². The third-order valence-electron chi connectivity index (χ3n) is 2.07. The van der Waals surface area contributed by atoms with E-state index in [-0.39, 0.29) is 29.3 Å². The summed E-state index contributed by atoms with van der Waals surface area (Å²) < 4.78 is 36.4. The van der Waals surface area contributed by atoms with Crippen LogP contribution in [0.2, 0.25) is 0 Å². The summed E-state index contributed by atoms with van der Waals surface area (Å²) in [6, 6.07) is 0.680. The van der Waals surface area contributed by atoms with Crippen molar-refractivity contribution in [3.63, 3.8) is 0 Å². The Hall–Kier alpha value is -1.65. The summed E-state index contributed by atoms with van der Waals surface area (Å²) in [6.07, 6.45) is -0.161. The Morgan fingerprint density at radius 2 is 1.75 bits per heavy atom. The van der Waals surface area contributed by atoms with E-state index >= 15 is 0 Å². The molecule has 0 bridgehead atoms. The minimum absolute atomic E-state index is 0.00764. The van der Waals surface area contributed by atoms with Crippen molar-refractivity contribution in [2.24, 2.45) is 0 Å². The van der Waals surface area contributed by atoms with Crippen LogP contribution in [0.5, 0.6) is 11.5 Å². The van der Waals surface area contributed by atoms with Gasteiger partial charge in [-0.3, -0.25) is 4.79 Å². The molecule has 0 fully saturated rings. The number of halogens is 2. The zero-order valence-corrected chi connectivity index (χ0v) is 9.27. The van der Waals surface area contributed by atoms with E-state index in [2.05, 4.69) is 0 Å². The van der Waals surface area contributed by atoms with E-state index in [0.717, 1.165) is 0 Å². The van der Waals surface area contributed by atoms with Crippen molar-refractivity contribution in [1.82, 2.24) is 0 Å². The second-order valence-electron chi connectivity index (χ2n) is 3.26. The zero-order valence-electron chi connectivity index (χ0n) is 9.27. The third kappa shape index (κ3) is 2.29. The van der Waals surface area contributed by atoms with Gasteiger partial charge in [-0.15, -0.1) is 0 Å². The molecule has 5 heteroatoms. The smallest absolute Gasteiger partial charge is 0.197 e. The molecule has 0 aliphatic heterocycles. The summed E-state index contributed by atoms with van der Waals surface area (Å²) >= 11 is 0. The molecule has 0 unspecified atom stereocenters. The second kappa shape index (κ2) is 4.92. The van der Waals surface area contributed by atoms with Crippen molar-refractivity contribution in [3.8, 4) is 11.5 Å². The van der Waals surface area contributed by atoms with Gasteiger partial charge in [-0.2, -0.15) is 0 Å². The minimum Gasteiger partial charge on any atom is -0.492 e. The molecular weight excluding hydrogens is 218 g/mol. The summed E-state index contributed by atoms with van der Waals surface area (Å²) in [5, 5.41) is 0. The minimum atomic E-state index is -0.857. The van der Waals surface area contributed by atoms with E-state index in [9.17, 15) is 13.6 Å². The predicted octanol–water partition coefficient (Wildman–Crippen LogP) is 2.11. The van der Waals surface area contributed by atoms with Crippen LogP contribution in [-0.4, -0.2) is 20.0 Å². The molecule has 88 valence electrons. The molecule has 0 heterocycles. The highest BCUT2D eigenvalue weighted by Crippen LogP contribution is 2.35. The second-order valence-corrected chi connectivity index (χ2v) is 3.26. The van der Waals surface area contributed by atoms with Crippen molar-refractivity contribution >= 4 is 5.78 Å². The Balaban J connectivity index is 3.39. The van der Waals surface area contributed by atoms with Crippen LogP contribution < -0.4 is 9.47 Å². The summed E-state index contributed by atoms with van der Waals surface area (Å²) in [4.78, 5) is 11.0. The fourth-order valence-electron chi connectivity index (χ4n) is 1.44. The molecule has 0 aromatic heterocycles. The standard InChI is InChI=1S/C11H12F2O3/c1-6(14)4-7-8(12)5-9(13)11(16-3)10(7)15-2/h5H,4H2,1-3H3. The number of carbonyl (C=O) groups excluding carboxylic acids is 1. The average Bonchev–Trinajstić information content (AvgIpc) is 2.20. The quantitative estimate of drug-likeness (QED) is 0.794. The van der Waals surface area contributed by atoms with Crippen molar-refractivity contribution < 1.29 is 23.0 Å². The van der Waals surface area contributed by atoms with Crippen LogP contribution >= 0.6 is 0 Å². The van der Waals surface area contributed by atoms with E-state index in [1.807, 2.05) is 0 Å². The van der Waals surface area contributed by atoms with Crippen molar-refractivity contribution in [1.29, 1.82) is 0 Å². The largest absolute Gasteiger partial charge is 0.492 e. The van der Waals surface area contributed by atoms with E-state index in [1.165, 1.54) is 21.1 Å². The molecule has 0 spiro atoms.